The minimum absolute atomic E-state index is 0.286. The third-order valence-corrected chi connectivity index (χ3v) is 7.28. The molecule has 4 aromatic rings. The second-order valence-corrected chi connectivity index (χ2v) is 9.75. The molecule has 4 aromatic carbocycles. The first-order valence-electron chi connectivity index (χ1n) is 10.7. The van der Waals surface area contributed by atoms with E-state index in [1.54, 1.807) is 0 Å². The molecule has 1 aliphatic rings. The Kier molecular flexibility index (Phi) is 5.15. The maximum atomic E-state index is 10.9. The van der Waals surface area contributed by atoms with Gasteiger partial charge in [-0.05, 0) is 79.8 Å². The fourth-order valence-electron chi connectivity index (χ4n) is 4.36. The summed E-state index contributed by atoms with van der Waals surface area (Å²) in [4.78, 5) is 0. The first kappa shape index (κ1) is 20.6. The molecule has 0 aromatic heterocycles. The van der Waals surface area contributed by atoms with Crippen LogP contribution in [0.1, 0.15) is 22.3 Å². The largest absolute Gasteiger partial charge is 0.507 e. The lowest BCUT2D eigenvalue weighted by Crippen LogP contribution is -2.17. The highest BCUT2D eigenvalue weighted by atomic mass is 31.2. The summed E-state index contributed by atoms with van der Waals surface area (Å²) >= 11 is 0. The molecule has 0 amide bonds. The minimum atomic E-state index is -1.39. The SMILES string of the molecule is Cc1cc(C)c(O)c(-c2cc(C)cc(C)c2OP2Oc3ccccc3-c3ccccc32)c1. The van der Waals surface area contributed by atoms with Crippen LogP contribution in [0.2, 0.25) is 0 Å². The van der Waals surface area contributed by atoms with Crippen LogP contribution in [-0.2, 0) is 0 Å². The van der Waals surface area contributed by atoms with Gasteiger partial charge in [-0.25, -0.2) is 0 Å². The van der Waals surface area contributed by atoms with Crippen molar-refractivity contribution < 1.29 is 14.2 Å². The van der Waals surface area contributed by atoms with E-state index in [-0.39, 0.29) is 5.75 Å². The second kappa shape index (κ2) is 8.00. The Morgan fingerprint density at radius 3 is 2.09 bits per heavy atom. The van der Waals surface area contributed by atoms with Gasteiger partial charge in [0.25, 0.3) is 0 Å². The van der Waals surface area contributed by atoms with Crippen molar-refractivity contribution in [3.8, 4) is 39.5 Å². The van der Waals surface area contributed by atoms with E-state index in [1.165, 1.54) is 0 Å². The molecule has 0 aliphatic carbocycles. The predicted molar refractivity (Wildman–Crippen MR) is 132 cm³/mol. The van der Waals surface area contributed by atoms with Crippen LogP contribution in [0.4, 0.5) is 0 Å². The van der Waals surface area contributed by atoms with Gasteiger partial charge in [0, 0.05) is 16.7 Å². The number of hydrogen-bond donors (Lipinski definition) is 1. The Labute approximate surface area is 190 Å². The van der Waals surface area contributed by atoms with Gasteiger partial charge in [0.1, 0.15) is 17.2 Å². The molecule has 0 bridgehead atoms. The van der Waals surface area contributed by atoms with Crippen LogP contribution < -0.4 is 14.4 Å². The summed E-state index contributed by atoms with van der Waals surface area (Å²) in [5.74, 6) is 1.86. The number of phenolic OH excluding ortho intramolecular Hbond substituents is 1. The molecule has 0 radical (unpaired) electrons. The smallest absolute Gasteiger partial charge is 0.326 e. The summed E-state index contributed by atoms with van der Waals surface area (Å²) in [6, 6.07) is 24.5. The van der Waals surface area contributed by atoms with Gasteiger partial charge in [0.15, 0.2) is 0 Å². The third kappa shape index (κ3) is 3.53. The van der Waals surface area contributed by atoms with Gasteiger partial charge in [-0.15, -0.1) is 0 Å². The van der Waals surface area contributed by atoms with Crippen LogP contribution in [0.25, 0.3) is 22.3 Å². The summed E-state index contributed by atoms with van der Waals surface area (Å²) in [7, 11) is -1.39. The summed E-state index contributed by atoms with van der Waals surface area (Å²) in [6.07, 6.45) is 0. The minimum Gasteiger partial charge on any atom is -0.507 e. The van der Waals surface area contributed by atoms with Gasteiger partial charge in [-0.3, -0.25) is 0 Å². The monoisotopic (exact) mass is 440 g/mol. The lowest BCUT2D eigenvalue weighted by atomic mass is 9.95. The van der Waals surface area contributed by atoms with E-state index in [0.29, 0.717) is 0 Å². The highest BCUT2D eigenvalue weighted by Gasteiger charge is 2.30. The van der Waals surface area contributed by atoms with E-state index in [4.69, 9.17) is 9.05 Å². The highest BCUT2D eigenvalue weighted by molar-refractivity contribution is 7.57. The molecule has 1 N–H and O–H groups in total. The lowest BCUT2D eigenvalue weighted by Gasteiger charge is -2.28. The van der Waals surface area contributed by atoms with Crippen molar-refractivity contribution in [2.75, 3.05) is 0 Å². The second-order valence-electron chi connectivity index (χ2n) is 8.39. The van der Waals surface area contributed by atoms with Crippen molar-refractivity contribution in [1.82, 2.24) is 0 Å². The van der Waals surface area contributed by atoms with Crippen LogP contribution in [0.15, 0.2) is 72.8 Å². The van der Waals surface area contributed by atoms with Crippen LogP contribution in [0.3, 0.4) is 0 Å². The van der Waals surface area contributed by atoms with Gasteiger partial charge >= 0.3 is 8.38 Å². The number of aryl methyl sites for hydroxylation is 4. The summed E-state index contributed by atoms with van der Waals surface area (Å²) in [5, 5.41) is 11.9. The van der Waals surface area contributed by atoms with Crippen molar-refractivity contribution in [2.24, 2.45) is 0 Å². The van der Waals surface area contributed by atoms with Gasteiger partial charge in [0.2, 0.25) is 0 Å². The van der Waals surface area contributed by atoms with Gasteiger partial charge in [-0.1, -0.05) is 48.5 Å². The highest BCUT2D eigenvalue weighted by Crippen LogP contribution is 2.52. The zero-order chi connectivity index (χ0) is 22.4. The number of phenols is 1. The Bertz CT molecular complexity index is 1340. The van der Waals surface area contributed by atoms with Crippen molar-refractivity contribution >= 4 is 13.7 Å². The molecule has 32 heavy (non-hydrogen) atoms. The van der Waals surface area contributed by atoms with Crippen molar-refractivity contribution in [3.63, 3.8) is 0 Å². The number of rotatable bonds is 3. The zero-order valence-corrected chi connectivity index (χ0v) is 19.5. The molecular formula is C28H25O3P. The third-order valence-electron chi connectivity index (χ3n) is 5.79. The number of para-hydroxylation sites is 1. The average Bonchev–Trinajstić information content (AvgIpc) is 2.78. The topological polar surface area (TPSA) is 38.7 Å². The summed E-state index contributed by atoms with van der Waals surface area (Å²) in [6.45, 7) is 8.08. The lowest BCUT2D eigenvalue weighted by molar-refractivity contribution is 0.471. The van der Waals surface area contributed by atoms with Crippen molar-refractivity contribution in [2.45, 2.75) is 27.7 Å². The van der Waals surface area contributed by atoms with Crippen molar-refractivity contribution in [1.29, 1.82) is 0 Å². The normalized spacial score (nSPS) is 14.3. The first-order valence-corrected chi connectivity index (χ1v) is 11.9. The molecule has 1 atom stereocenters. The fraction of sp³-hybridized carbons (Fsp3) is 0.143. The van der Waals surface area contributed by atoms with E-state index < -0.39 is 8.38 Å². The molecule has 1 aliphatic heterocycles. The Morgan fingerprint density at radius 2 is 1.31 bits per heavy atom. The molecule has 0 saturated carbocycles. The predicted octanol–water partition coefficient (Wildman–Crippen LogP) is 7.37. The van der Waals surface area contributed by atoms with E-state index in [9.17, 15) is 5.11 Å². The van der Waals surface area contributed by atoms with E-state index in [2.05, 4.69) is 37.3 Å². The zero-order valence-electron chi connectivity index (χ0n) is 18.6. The molecule has 5 rings (SSSR count). The molecule has 0 spiro atoms. The maximum Gasteiger partial charge on any atom is 0.326 e. The molecule has 3 nitrogen and oxygen atoms in total. The number of aromatic hydroxyl groups is 1. The number of benzene rings is 4. The van der Waals surface area contributed by atoms with Crippen LogP contribution >= 0.6 is 8.38 Å². The van der Waals surface area contributed by atoms with Gasteiger partial charge in [0.05, 0.1) is 5.30 Å². The van der Waals surface area contributed by atoms with Crippen LogP contribution in [0.5, 0.6) is 17.2 Å². The van der Waals surface area contributed by atoms with Crippen LogP contribution in [-0.4, -0.2) is 5.11 Å². The van der Waals surface area contributed by atoms with E-state index in [1.807, 2.05) is 63.2 Å². The number of fused-ring (bicyclic) bond motifs is 3. The molecule has 1 heterocycles. The molecule has 0 saturated heterocycles. The maximum absolute atomic E-state index is 10.9. The van der Waals surface area contributed by atoms with E-state index in [0.717, 1.165) is 61.3 Å². The quantitative estimate of drug-likeness (QED) is 0.338. The standard InChI is InChI=1S/C28H25O3P/c1-17-13-19(3)27(29)23(15-17)24-16-18(2)14-20(4)28(24)31-32-26-12-8-6-10-22(26)21-9-5-7-11-25(21)30-32/h5-16,29H,1-4H3. The summed E-state index contributed by atoms with van der Waals surface area (Å²) < 4.78 is 13.1. The first-order chi connectivity index (χ1) is 15.4. The Balaban J connectivity index is 1.65. The van der Waals surface area contributed by atoms with Crippen LogP contribution in [0, 0.1) is 27.7 Å². The molecular weight excluding hydrogens is 415 g/mol. The van der Waals surface area contributed by atoms with Gasteiger partial charge in [-0.2, -0.15) is 0 Å². The number of hydrogen-bond acceptors (Lipinski definition) is 3. The fourth-order valence-corrected chi connectivity index (χ4v) is 5.94. The molecule has 0 fully saturated rings. The Morgan fingerprint density at radius 1 is 0.688 bits per heavy atom. The van der Waals surface area contributed by atoms with Crippen molar-refractivity contribution in [3.05, 3.63) is 95.1 Å². The molecule has 1 unspecified atom stereocenters. The Hall–Kier alpha value is -3.29. The molecule has 160 valence electrons. The molecule has 4 heteroatoms. The van der Waals surface area contributed by atoms with Gasteiger partial charge < -0.3 is 14.2 Å². The average molecular weight is 440 g/mol. The van der Waals surface area contributed by atoms with E-state index >= 15 is 0 Å². The summed E-state index contributed by atoms with van der Waals surface area (Å²) in [5.41, 5.74) is 7.97.